The molecule has 28 nitrogen and oxygen atoms in total. The molecule has 4 aliphatic carbocycles. The first-order valence-corrected chi connectivity index (χ1v) is 49.7. The van der Waals surface area contributed by atoms with Crippen molar-refractivity contribution in [3.63, 3.8) is 0 Å². The van der Waals surface area contributed by atoms with Crippen LogP contribution in [0.1, 0.15) is 185 Å². The summed E-state index contributed by atoms with van der Waals surface area (Å²) in [6, 6.07) is 29.6. The van der Waals surface area contributed by atoms with Gasteiger partial charge in [0.25, 0.3) is 0 Å². The van der Waals surface area contributed by atoms with Gasteiger partial charge in [-0.05, 0) is 238 Å². The highest BCUT2D eigenvalue weighted by molar-refractivity contribution is 7.91. The second-order valence-electron chi connectivity index (χ2n) is 40.1. The Morgan fingerprint density at radius 1 is 0.492 bits per heavy atom. The molecule has 4 saturated heterocycles. The molecule has 2 N–H and O–H groups in total. The highest BCUT2D eigenvalue weighted by atomic mass is 32.2. The standard InChI is InChI=1S/2C50H64N4O10S/c2*1-31-9-7-8-10-35-28-50(35,48(58)52-65(59,60)39-16-17-39)29-44(55)43-26-38(30-54(43)47(57)41(32(2)23-31)27-45(56)64-49(3,4)5)63-46-40-18-15-37(61-6)24-34(40)25-42(51-46)33-11-13-36(14-12-33)53-19-21-62-22-20-53/h2*8,10-15,18,24-25,31-32,35,38-39,41,43H,7,9,16-17,19-23,26-30H2,1-6H3,(H,52,58)/b2*10-8-/t31-,32+,35+,38+,41-,43-,50+;31-,32-,35-,38-,41+,43+,50-/m01/s1. The maximum atomic E-state index is 15.2. The van der Waals surface area contributed by atoms with E-state index in [0.29, 0.717) is 136 Å². The van der Waals surface area contributed by atoms with E-state index in [1.54, 1.807) is 65.6 Å². The van der Waals surface area contributed by atoms with Gasteiger partial charge >= 0.3 is 11.9 Å². The van der Waals surface area contributed by atoms with Crippen molar-refractivity contribution in [2.24, 2.45) is 58.2 Å². The number of ether oxygens (including phenoxy) is 8. The molecule has 10 aliphatic rings. The molecule has 6 aromatic rings. The summed E-state index contributed by atoms with van der Waals surface area (Å²) >= 11 is 0. The lowest BCUT2D eigenvalue weighted by atomic mass is 9.82. The SMILES string of the molecule is COc1ccc2c(O[C@@H]3C[C@H]4C(=O)C[C@]5(C(=O)NS(=O)(=O)C6CC6)C[C@H]5/C=C\CC[C@@H](C)C[C@@H](C)[C@H](CC(=O)OC(C)(C)C)C(=O)N4C3)nc(-c3ccc(N4CCOCC4)cc3)cc2c1.COc1ccc2c(O[C@@H]3C[C@H]4C(=O)C[C@]5(C(=O)NS(=O)(=O)C6CC6)C[C@H]5/C=C\CC[C@H](C)C[C@@H](C)[C@H](CC(=O)OC(C)(C)C)C(=O)N4C3)nc(-c3ccc(N4CCOCC4)cc3)cc2c1. The lowest BCUT2D eigenvalue weighted by Gasteiger charge is -2.32. The maximum Gasteiger partial charge on any atom is 0.307 e. The Hall–Kier alpha value is -10.0. The smallest absolute Gasteiger partial charge is 0.307 e. The van der Waals surface area contributed by atoms with Crippen LogP contribution in [0.15, 0.2) is 121 Å². The molecule has 16 rings (SSSR count). The molecular weight excluding hydrogens is 1700 g/mol. The van der Waals surface area contributed by atoms with E-state index < -0.39 is 112 Å². The van der Waals surface area contributed by atoms with E-state index in [1.807, 2.05) is 111 Å². The molecule has 700 valence electrons. The molecule has 30 heteroatoms. The van der Waals surface area contributed by atoms with Crippen LogP contribution in [0.2, 0.25) is 0 Å². The van der Waals surface area contributed by atoms with Gasteiger partial charge in [-0.3, -0.25) is 47.8 Å². The number of anilines is 2. The van der Waals surface area contributed by atoms with Crippen LogP contribution in [0.5, 0.6) is 23.3 Å². The molecule has 4 amide bonds. The molecule has 0 bridgehead atoms. The zero-order chi connectivity index (χ0) is 92.5. The number of hydrogen-bond acceptors (Lipinski definition) is 24. The number of amides is 4. The summed E-state index contributed by atoms with van der Waals surface area (Å²) in [5.74, 6) is -4.18. The Labute approximate surface area is 763 Å². The Morgan fingerprint density at radius 2 is 0.862 bits per heavy atom. The van der Waals surface area contributed by atoms with Crippen LogP contribution >= 0.6 is 0 Å². The van der Waals surface area contributed by atoms with Crippen molar-refractivity contribution >= 4 is 100 Å². The molecule has 0 radical (unpaired) electrons. The minimum Gasteiger partial charge on any atom is -0.497 e. The zero-order valence-corrected chi connectivity index (χ0v) is 78.7. The molecule has 8 heterocycles. The molecule has 14 atom stereocenters. The normalized spacial score (nSPS) is 28.3. The fraction of sp³-hybridized carbons (Fsp3) is 0.580. The molecular formula is C100H128N8O20S2. The topological polar surface area (TPSA) is 341 Å². The summed E-state index contributed by atoms with van der Waals surface area (Å²) in [6.07, 6.45) is 12.9. The second kappa shape index (κ2) is 39.0. The quantitative estimate of drug-likeness (QED) is 0.0529. The minimum atomic E-state index is -3.88. The van der Waals surface area contributed by atoms with E-state index in [9.17, 15) is 45.6 Å². The number of pyridine rings is 2. The van der Waals surface area contributed by atoms with Gasteiger partial charge in [0.05, 0.1) is 123 Å². The molecule has 2 aromatic heterocycles. The number of morpholine rings is 2. The minimum absolute atomic E-state index is 0.0265. The predicted molar refractivity (Wildman–Crippen MR) is 494 cm³/mol. The van der Waals surface area contributed by atoms with Crippen molar-refractivity contribution in [1.29, 1.82) is 0 Å². The first-order chi connectivity index (χ1) is 61.8. The summed E-state index contributed by atoms with van der Waals surface area (Å²) in [4.78, 5) is 133. The van der Waals surface area contributed by atoms with E-state index >= 15 is 9.59 Å². The zero-order valence-electron chi connectivity index (χ0n) is 77.1. The number of nitrogens with one attached hydrogen (secondary N) is 2. The number of methoxy groups -OCH3 is 2. The average Bonchev–Trinajstić information content (AvgIpc) is 1.57. The van der Waals surface area contributed by atoms with Gasteiger partial charge in [0, 0.05) is 85.1 Å². The van der Waals surface area contributed by atoms with Gasteiger partial charge < -0.3 is 57.5 Å². The van der Waals surface area contributed by atoms with Gasteiger partial charge in [-0.1, -0.05) is 76.3 Å². The number of Topliss-reactive ketones (excluding diaryl/α,β-unsaturated/α-hetero) is 2. The number of rotatable bonds is 20. The summed E-state index contributed by atoms with van der Waals surface area (Å²) in [5.41, 5.74) is 1.15. The number of carbonyl (C=O) groups excluding carboxylic acids is 8. The van der Waals surface area contributed by atoms with Gasteiger partial charge in [0.1, 0.15) is 34.9 Å². The van der Waals surface area contributed by atoms with E-state index in [4.69, 9.17) is 47.9 Å². The van der Waals surface area contributed by atoms with E-state index in [0.717, 1.165) is 72.3 Å². The third-order valence-corrected chi connectivity index (χ3v) is 31.2. The molecule has 130 heavy (non-hydrogen) atoms. The van der Waals surface area contributed by atoms with E-state index in [2.05, 4.69) is 57.4 Å². The van der Waals surface area contributed by atoms with Crippen molar-refractivity contribution in [3.05, 3.63) is 121 Å². The largest absolute Gasteiger partial charge is 0.497 e. The number of fused-ring (bicyclic) bond motifs is 6. The molecule has 8 fully saturated rings. The Morgan fingerprint density at radius 3 is 1.21 bits per heavy atom. The van der Waals surface area contributed by atoms with Crippen molar-refractivity contribution in [2.45, 2.75) is 231 Å². The van der Waals surface area contributed by atoms with E-state index in [1.165, 1.54) is 0 Å². The number of hydrogen-bond donors (Lipinski definition) is 2. The number of aromatic nitrogens is 2. The summed E-state index contributed by atoms with van der Waals surface area (Å²) in [5, 5.41) is 1.85. The van der Waals surface area contributed by atoms with Crippen LogP contribution in [0.4, 0.5) is 11.4 Å². The van der Waals surface area contributed by atoms with Crippen LogP contribution in [0, 0.1) is 58.2 Å². The summed E-state index contributed by atoms with van der Waals surface area (Å²) in [7, 11) is -4.55. The number of ketones is 2. The maximum absolute atomic E-state index is 15.2. The van der Waals surface area contributed by atoms with Crippen molar-refractivity contribution < 1.29 is 93.1 Å². The Kier molecular flexibility index (Phi) is 28.4. The van der Waals surface area contributed by atoms with Gasteiger partial charge in [-0.2, -0.15) is 0 Å². The number of esters is 2. The number of benzene rings is 4. The highest BCUT2D eigenvalue weighted by Crippen LogP contribution is 2.59. The molecule has 6 aliphatic heterocycles. The van der Waals surface area contributed by atoms with Crippen LogP contribution in [0.3, 0.4) is 0 Å². The number of allylic oxidation sites excluding steroid dienone is 4. The third-order valence-electron chi connectivity index (χ3n) is 27.6. The van der Waals surface area contributed by atoms with Crippen LogP contribution in [-0.2, 0) is 77.4 Å². The van der Waals surface area contributed by atoms with Crippen LogP contribution in [-0.4, -0.2) is 210 Å². The average molecular weight is 1830 g/mol. The number of sulfonamides is 2. The lowest BCUT2D eigenvalue weighted by Crippen LogP contribution is -2.47. The van der Waals surface area contributed by atoms with Crippen LogP contribution < -0.4 is 38.2 Å². The fourth-order valence-corrected chi connectivity index (χ4v) is 22.7. The highest BCUT2D eigenvalue weighted by Gasteiger charge is 2.64. The van der Waals surface area contributed by atoms with Crippen molar-refractivity contribution in [3.8, 4) is 45.8 Å². The first kappa shape index (κ1) is 94.6. The second-order valence-corrected chi connectivity index (χ2v) is 44.0. The number of nitrogens with zero attached hydrogens (tertiary/aromatic N) is 6. The Bertz CT molecular complexity index is 5180. The molecule has 4 saturated carbocycles. The van der Waals surface area contributed by atoms with Gasteiger partial charge in [0.15, 0.2) is 11.6 Å². The fourth-order valence-electron chi connectivity index (χ4n) is 19.9. The first-order valence-electron chi connectivity index (χ1n) is 46.6. The van der Waals surface area contributed by atoms with Crippen molar-refractivity contribution in [1.82, 2.24) is 29.2 Å². The van der Waals surface area contributed by atoms with Gasteiger partial charge in [-0.25, -0.2) is 26.8 Å². The van der Waals surface area contributed by atoms with E-state index in [-0.39, 0.29) is 111 Å². The third kappa shape index (κ3) is 22.5. The van der Waals surface area contributed by atoms with Crippen LogP contribution in [0.25, 0.3) is 44.1 Å². The van der Waals surface area contributed by atoms with Crippen molar-refractivity contribution in [2.75, 3.05) is 89.7 Å². The molecule has 0 spiro atoms. The summed E-state index contributed by atoms with van der Waals surface area (Å²) < 4.78 is 104. The Balaban J connectivity index is 0.000000199. The predicted octanol–water partition coefficient (Wildman–Crippen LogP) is 14.1. The molecule has 4 aromatic carbocycles. The lowest BCUT2D eigenvalue weighted by molar-refractivity contribution is -0.160. The molecule has 0 unspecified atom stereocenters. The monoisotopic (exact) mass is 1820 g/mol. The van der Waals surface area contributed by atoms with Gasteiger partial charge in [0.2, 0.25) is 55.4 Å². The van der Waals surface area contributed by atoms with Gasteiger partial charge in [-0.15, -0.1) is 0 Å². The number of carbonyl (C=O) groups is 8. The summed E-state index contributed by atoms with van der Waals surface area (Å²) in [6.45, 7) is 24.9.